The van der Waals surface area contributed by atoms with Gasteiger partial charge >= 0.3 is 17.9 Å². The Kier molecular flexibility index (Phi) is 19.4. The third-order valence-electron chi connectivity index (χ3n) is 2.96. The van der Waals surface area contributed by atoms with Crippen LogP contribution in [0.1, 0.15) is 25.3 Å². The van der Waals surface area contributed by atoms with Gasteiger partial charge in [0.1, 0.15) is 6.61 Å². The van der Waals surface area contributed by atoms with Gasteiger partial charge < -0.3 is 19.7 Å². The number of benzene rings is 1. The van der Waals surface area contributed by atoms with Gasteiger partial charge in [-0.05, 0) is 18.1 Å². The number of aliphatic hydroxyl groups excluding tert-OH is 1. The second kappa shape index (κ2) is 20.3. The summed E-state index contributed by atoms with van der Waals surface area (Å²) < 4.78 is 9.13. The van der Waals surface area contributed by atoms with Gasteiger partial charge in [-0.1, -0.05) is 69.5 Å². The fraction of sp³-hybridized carbons (Fsp3) is 0.261. The summed E-state index contributed by atoms with van der Waals surface area (Å²) >= 11 is 0. The van der Waals surface area contributed by atoms with Gasteiger partial charge in [0.2, 0.25) is 0 Å². The minimum atomic E-state index is -1.17. The van der Waals surface area contributed by atoms with Crippen LogP contribution < -0.4 is 0 Å². The number of rotatable bonds is 10. The molecule has 0 heterocycles. The highest BCUT2D eigenvalue weighted by Gasteiger charge is 2.04. The van der Waals surface area contributed by atoms with Gasteiger partial charge in [0.15, 0.2) is 0 Å². The number of hydrogen-bond acceptors (Lipinski definition) is 6. The molecule has 0 amide bonds. The van der Waals surface area contributed by atoms with Gasteiger partial charge in [-0.2, -0.15) is 0 Å². The van der Waals surface area contributed by atoms with E-state index >= 15 is 0 Å². The number of aliphatic hydroxyl groups is 1. The molecule has 0 saturated heterocycles. The third-order valence-corrected chi connectivity index (χ3v) is 2.96. The van der Waals surface area contributed by atoms with E-state index in [9.17, 15) is 14.4 Å². The number of carboxylic acids is 1. The van der Waals surface area contributed by atoms with E-state index in [2.05, 4.69) is 29.2 Å². The number of ether oxygens (including phenoxy) is 2. The topological polar surface area (TPSA) is 110 Å². The number of esters is 2. The molecule has 7 nitrogen and oxygen atoms in total. The summed E-state index contributed by atoms with van der Waals surface area (Å²) in [6, 6.07) is 10.0. The van der Waals surface area contributed by atoms with Crippen LogP contribution in [-0.2, 0) is 23.9 Å². The van der Waals surface area contributed by atoms with Crippen LogP contribution >= 0.6 is 0 Å². The first kappa shape index (κ1) is 28.8. The Morgan fingerprint density at radius 1 is 1.03 bits per heavy atom. The smallest absolute Gasteiger partial charge is 0.337 e. The zero-order valence-corrected chi connectivity index (χ0v) is 17.3. The van der Waals surface area contributed by atoms with E-state index in [0.717, 1.165) is 25.0 Å². The van der Waals surface area contributed by atoms with Crippen molar-refractivity contribution in [2.24, 2.45) is 0 Å². The molecule has 1 aromatic carbocycles. The summed E-state index contributed by atoms with van der Waals surface area (Å²) in [5, 5.41) is 16.5. The molecular weight excluding hydrogens is 388 g/mol. The summed E-state index contributed by atoms with van der Waals surface area (Å²) in [6.07, 6.45) is 6.80. The van der Waals surface area contributed by atoms with Crippen molar-refractivity contribution in [3.63, 3.8) is 0 Å². The van der Waals surface area contributed by atoms with E-state index in [1.165, 1.54) is 11.6 Å². The lowest BCUT2D eigenvalue weighted by Crippen LogP contribution is -2.09. The predicted octanol–water partition coefficient (Wildman–Crippen LogP) is 3.56. The molecule has 0 aliphatic carbocycles. The molecule has 0 radical (unpaired) electrons. The fourth-order valence-corrected chi connectivity index (χ4v) is 1.44. The predicted molar refractivity (Wildman–Crippen MR) is 117 cm³/mol. The van der Waals surface area contributed by atoms with Crippen LogP contribution in [0.3, 0.4) is 0 Å². The van der Waals surface area contributed by atoms with Crippen LogP contribution in [0.4, 0.5) is 0 Å². The molecule has 164 valence electrons. The molecule has 1 rings (SSSR count). The van der Waals surface area contributed by atoms with Crippen LogP contribution in [0.15, 0.2) is 73.9 Å². The average Bonchev–Trinajstić information content (AvgIpc) is 2.77. The largest absolute Gasteiger partial charge is 0.478 e. The lowest BCUT2D eigenvalue weighted by Gasteiger charge is -2.00. The standard InChI is InChI=1S/C8H10O5.C8H8.C7H12O2/c1-6(2-3-7(10)11)8(12)13-5-4-9;1-2-8-6-4-3-5-7-8;1-3-5-6-9-7(8)4-2/h2-3,9H,1,4-5H2,(H,10,11);2-7H,1H2;4H,2-3,5-6H2,1H3. The van der Waals surface area contributed by atoms with Gasteiger partial charge in [0, 0.05) is 12.2 Å². The number of carbonyl (C=O) groups excluding carboxylic acids is 2. The van der Waals surface area contributed by atoms with Gasteiger partial charge in [0.05, 0.1) is 18.8 Å². The van der Waals surface area contributed by atoms with E-state index in [0.29, 0.717) is 6.61 Å². The molecule has 7 heteroatoms. The molecule has 2 N–H and O–H groups in total. The Hall–Kier alpha value is -3.45. The van der Waals surface area contributed by atoms with Gasteiger partial charge in [-0.3, -0.25) is 0 Å². The lowest BCUT2D eigenvalue weighted by atomic mass is 10.2. The fourth-order valence-electron chi connectivity index (χ4n) is 1.44. The van der Waals surface area contributed by atoms with Gasteiger partial charge in [-0.25, -0.2) is 14.4 Å². The highest BCUT2D eigenvalue weighted by Crippen LogP contribution is 1.97. The first-order valence-corrected chi connectivity index (χ1v) is 9.16. The second-order valence-corrected chi connectivity index (χ2v) is 5.40. The van der Waals surface area contributed by atoms with Crippen molar-refractivity contribution >= 4 is 24.0 Å². The Labute approximate surface area is 177 Å². The quantitative estimate of drug-likeness (QED) is 0.259. The highest BCUT2D eigenvalue weighted by molar-refractivity contribution is 5.93. The first-order valence-electron chi connectivity index (χ1n) is 9.16. The van der Waals surface area contributed by atoms with Gasteiger partial charge in [-0.15, -0.1) is 0 Å². The molecule has 0 atom stereocenters. The monoisotopic (exact) mass is 418 g/mol. The van der Waals surface area contributed by atoms with Crippen molar-refractivity contribution in [1.82, 2.24) is 0 Å². The molecule has 1 aromatic rings. The third kappa shape index (κ3) is 19.3. The normalized spacial score (nSPS) is 9.13. The SMILES string of the molecule is C=C(C=CC(=O)O)C(=O)OCCO.C=CC(=O)OCCCC.C=Cc1ccccc1. The van der Waals surface area contributed by atoms with Gasteiger partial charge in [0.25, 0.3) is 0 Å². The van der Waals surface area contributed by atoms with E-state index in [4.69, 9.17) is 10.2 Å². The maximum absolute atomic E-state index is 10.8. The zero-order chi connectivity index (χ0) is 23.2. The Morgan fingerprint density at radius 3 is 2.10 bits per heavy atom. The average molecular weight is 418 g/mol. The van der Waals surface area contributed by atoms with Crippen LogP contribution in [0.2, 0.25) is 0 Å². The highest BCUT2D eigenvalue weighted by atomic mass is 16.5. The number of carbonyl (C=O) groups is 3. The van der Waals surface area contributed by atoms with Crippen molar-refractivity contribution in [3.05, 3.63) is 79.4 Å². The molecule has 0 saturated carbocycles. The number of carboxylic acid groups (broad SMARTS) is 1. The molecule has 0 fully saturated rings. The summed E-state index contributed by atoms with van der Waals surface area (Å²) in [5.74, 6) is -2.24. The van der Waals surface area contributed by atoms with Crippen LogP contribution in [-0.4, -0.2) is 47.9 Å². The Bertz CT molecular complexity index is 691. The maximum Gasteiger partial charge on any atom is 0.337 e. The number of hydrogen-bond donors (Lipinski definition) is 2. The van der Waals surface area contributed by atoms with Crippen molar-refractivity contribution in [2.45, 2.75) is 19.8 Å². The molecule has 0 aromatic heterocycles. The lowest BCUT2D eigenvalue weighted by molar-refractivity contribution is -0.139. The Morgan fingerprint density at radius 2 is 1.67 bits per heavy atom. The van der Waals surface area contributed by atoms with E-state index in [1.54, 1.807) is 0 Å². The summed E-state index contributed by atoms with van der Waals surface area (Å²) in [4.78, 5) is 31.2. The number of aliphatic carboxylic acids is 1. The minimum Gasteiger partial charge on any atom is -0.478 e. The summed E-state index contributed by atoms with van der Waals surface area (Å²) in [7, 11) is 0. The van der Waals surface area contributed by atoms with E-state index < -0.39 is 11.9 Å². The first-order chi connectivity index (χ1) is 14.3. The second-order valence-electron chi connectivity index (χ2n) is 5.40. The van der Waals surface area contributed by atoms with E-state index in [-0.39, 0.29) is 24.8 Å². The van der Waals surface area contributed by atoms with E-state index in [1.807, 2.05) is 43.3 Å². The molecule has 30 heavy (non-hydrogen) atoms. The van der Waals surface area contributed by atoms with Crippen molar-refractivity contribution in [3.8, 4) is 0 Å². The molecule has 0 aliphatic heterocycles. The maximum atomic E-state index is 10.8. The summed E-state index contributed by atoms with van der Waals surface area (Å²) in [5.41, 5.74) is 1.10. The van der Waals surface area contributed by atoms with Crippen LogP contribution in [0.25, 0.3) is 6.08 Å². The molecule has 0 unspecified atom stereocenters. The van der Waals surface area contributed by atoms with Crippen LogP contribution in [0, 0.1) is 0 Å². The van der Waals surface area contributed by atoms with Crippen LogP contribution in [0.5, 0.6) is 0 Å². The molecular formula is C23H30O7. The molecule has 0 spiro atoms. The molecule has 0 bridgehead atoms. The zero-order valence-electron chi connectivity index (χ0n) is 17.3. The van der Waals surface area contributed by atoms with Crippen molar-refractivity contribution in [1.29, 1.82) is 0 Å². The number of unbranched alkanes of at least 4 members (excludes halogenated alkanes) is 1. The van der Waals surface area contributed by atoms with Crippen molar-refractivity contribution < 1.29 is 34.1 Å². The minimum absolute atomic E-state index is 0.0733. The Balaban J connectivity index is 0. The van der Waals surface area contributed by atoms with Crippen molar-refractivity contribution in [2.75, 3.05) is 19.8 Å². The molecule has 0 aliphatic rings. The summed E-state index contributed by atoms with van der Waals surface area (Å²) in [6.45, 7) is 12.3.